The lowest BCUT2D eigenvalue weighted by Crippen LogP contribution is -2.37. The number of amides is 1. The number of carbonyl (C=O) groups is 2. The zero-order chi connectivity index (χ0) is 13.2. The molecule has 1 aromatic rings. The molecule has 2 rings (SSSR count). The van der Waals surface area contributed by atoms with Crippen molar-refractivity contribution in [3.8, 4) is 0 Å². The Bertz CT molecular complexity index is 463. The van der Waals surface area contributed by atoms with Crippen LogP contribution in [0.2, 0.25) is 0 Å². The van der Waals surface area contributed by atoms with Crippen molar-refractivity contribution in [2.45, 2.75) is 13.3 Å². The summed E-state index contributed by atoms with van der Waals surface area (Å²) in [7, 11) is 0.208. The summed E-state index contributed by atoms with van der Waals surface area (Å²) in [6, 6.07) is 8.94. The number of hydroxylamine groups is 2. The summed E-state index contributed by atoms with van der Waals surface area (Å²) in [6.07, 6.45) is 0.504. The van der Waals surface area contributed by atoms with Gasteiger partial charge in [-0.15, -0.1) is 0 Å². The average molecular weight is 265 g/mol. The first-order valence-electron chi connectivity index (χ1n) is 5.85. The van der Waals surface area contributed by atoms with Crippen LogP contribution in [0.4, 0.5) is 0 Å². The van der Waals surface area contributed by atoms with Crippen molar-refractivity contribution in [3.05, 3.63) is 35.9 Å². The Morgan fingerprint density at radius 1 is 1.39 bits per heavy atom. The van der Waals surface area contributed by atoms with Crippen molar-refractivity contribution in [1.82, 2.24) is 5.06 Å². The van der Waals surface area contributed by atoms with Gasteiger partial charge in [0.15, 0.2) is 5.78 Å². The fraction of sp³-hybridized carbons (Fsp3) is 0.385. The number of Topliss-reactive ketones (excluding diaryl/α,β-unsaturated/α-hetero) is 1. The molecule has 0 radical (unpaired) electrons. The van der Waals surface area contributed by atoms with Crippen LogP contribution in [0, 0.1) is 5.41 Å². The zero-order valence-electron chi connectivity index (χ0n) is 10.5. The predicted octanol–water partition coefficient (Wildman–Crippen LogP) is 2.26. The van der Waals surface area contributed by atoms with Gasteiger partial charge in [-0.3, -0.25) is 14.2 Å². The smallest absolute Gasteiger partial charge is 0.260 e. The van der Waals surface area contributed by atoms with Crippen LogP contribution >= 0.6 is 8.81 Å². The van der Waals surface area contributed by atoms with Gasteiger partial charge in [-0.25, -0.2) is 5.06 Å². The first kappa shape index (κ1) is 13.2. The lowest BCUT2D eigenvalue weighted by atomic mass is 9.81. The van der Waals surface area contributed by atoms with E-state index in [4.69, 9.17) is 4.62 Å². The fourth-order valence-corrected chi connectivity index (χ4v) is 2.52. The first-order chi connectivity index (χ1) is 8.59. The molecule has 1 unspecified atom stereocenters. The van der Waals surface area contributed by atoms with Crippen molar-refractivity contribution in [1.29, 1.82) is 0 Å². The molecule has 1 heterocycles. The Balaban J connectivity index is 2.23. The van der Waals surface area contributed by atoms with E-state index < -0.39 is 5.41 Å². The highest BCUT2D eigenvalue weighted by Gasteiger charge is 2.49. The van der Waals surface area contributed by atoms with Crippen LogP contribution < -0.4 is 0 Å². The topological polar surface area (TPSA) is 46.6 Å². The van der Waals surface area contributed by atoms with Crippen molar-refractivity contribution in [2.24, 2.45) is 5.41 Å². The number of hydrogen-bond donors (Lipinski definition) is 0. The molecule has 0 bridgehead atoms. The van der Waals surface area contributed by atoms with Gasteiger partial charge in [0.25, 0.3) is 5.91 Å². The molecule has 0 aliphatic carbocycles. The predicted molar refractivity (Wildman–Crippen MR) is 70.5 cm³/mol. The van der Waals surface area contributed by atoms with Crippen LogP contribution in [0.1, 0.15) is 23.7 Å². The molecule has 0 spiro atoms. The monoisotopic (exact) mass is 265 g/mol. The summed E-state index contributed by atoms with van der Waals surface area (Å²) < 4.78 is 5.26. The minimum absolute atomic E-state index is 0.126. The SMILES string of the molecule is CPON1CC[C@@](C)(C(=O)c2ccccc2)C1=O. The second kappa shape index (κ2) is 5.17. The summed E-state index contributed by atoms with van der Waals surface area (Å²) in [5.74, 6) is -0.357. The molecule has 96 valence electrons. The molecule has 4 nitrogen and oxygen atoms in total. The summed E-state index contributed by atoms with van der Waals surface area (Å²) in [5.41, 5.74) is -0.407. The van der Waals surface area contributed by atoms with Crippen molar-refractivity contribution in [2.75, 3.05) is 13.2 Å². The Hall–Kier alpha value is -1.25. The Kier molecular flexibility index (Phi) is 3.79. The molecule has 0 N–H and O–H groups in total. The third-order valence-corrected chi connectivity index (χ3v) is 3.66. The molecule has 1 aliphatic heterocycles. The Morgan fingerprint density at radius 3 is 2.67 bits per heavy atom. The summed E-state index contributed by atoms with van der Waals surface area (Å²) in [5, 5.41) is 1.32. The summed E-state index contributed by atoms with van der Waals surface area (Å²) in [4.78, 5) is 24.6. The molecule has 1 fully saturated rings. The normalized spacial score (nSPS) is 24.1. The van der Waals surface area contributed by atoms with Crippen LogP contribution in [-0.2, 0) is 9.42 Å². The van der Waals surface area contributed by atoms with Gasteiger partial charge in [-0.05, 0) is 20.0 Å². The average Bonchev–Trinajstić information content (AvgIpc) is 2.69. The van der Waals surface area contributed by atoms with E-state index in [0.717, 1.165) is 0 Å². The lowest BCUT2D eigenvalue weighted by Gasteiger charge is -2.21. The third-order valence-electron chi connectivity index (χ3n) is 3.25. The van der Waals surface area contributed by atoms with E-state index in [0.29, 0.717) is 18.5 Å². The van der Waals surface area contributed by atoms with E-state index in [1.807, 2.05) is 12.7 Å². The molecule has 1 aliphatic rings. The minimum Gasteiger partial charge on any atom is -0.293 e. The minimum atomic E-state index is -0.985. The number of rotatable bonds is 4. The standard InChI is InChI=1S/C13H16NO3P/c1-13(8-9-14(12(13)16)17-18-2)11(15)10-6-4-3-5-7-10/h3-7,18H,8-9H2,1-2H3/t13-/m0/s1. The molecule has 0 saturated carbocycles. The van der Waals surface area contributed by atoms with Gasteiger partial charge in [0.05, 0.1) is 6.54 Å². The molecule has 0 aromatic heterocycles. The molecule has 1 saturated heterocycles. The molecule has 5 heteroatoms. The lowest BCUT2D eigenvalue weighted by molar-refractivity contribution is -0.153. The summed E-state index contributed by atoms with van der Waals surface area (Å²) in [6.45, 7) is 4.03. The van der Waals surface area contributed by atoms with Gasteiger partial charge in [-0.2, -0.15) is 0 Å². The van der Waals surface area contributed by atoms with Crippen molar-refractivity contribution >= 4 is 20.5 Å². The second-order valence-corrected chi connectivity index (χ2v) is 5.07. The third kappa shape index (κ3) is 2.18. The number of benzene rings is 1. The van der Waals surface area contributed by atoms with E-state index in [1.165, 1.54) is 5.06 Å². The maximum atomic E-state index is 12.4. The largest absolute Gasteiger partial charge is 0.293 e. The highest BCUT2D eigenvalue weighted by Crippen LogP contribution is 2.36. The van der Waals surface area contributed by atoms with Gasteiger partial charge in [0.1, 0.15) is 5.41 Å². The number of carbonyl (C=O) groups excluding carboxylic acids is 2. The molecule has 1 aromatic carbocycles. The summed E-state index contributed by atoms with van der Waals surface area (Å²) >= 11 is 0. The van der Waals surface area contributed by atoms with Crippen LogP contribution in [0.5, 0.6) is 0 Å². The molecular weight excluding hydrogens is 249 g/mol. The van der Waals surface area contributed by atoms with Crippen molar-refractivity contribution < 1.29 is 14.2 Å². The second-order valence-electron chi connectivity index (χ2n) is 4.48. The number of ketones is 1. The Labute approximate surface area is 108 Å². The highest BCUT2D eigenvalue weighted by molar-refractivity contribution is 7.31. The van der Waals surface area contributed by atoms with Crippen LogP contribution in [0.25, 0.3) is 0 Å². The zero-order valence-corrected chi connectivity index (χ0v) is 11.5. The van der Waals surface area contributed by atoms with Gasteiger partial charge in [0, 0.05) is 14.4 Å². The van der Waals surface area contributed by atoms with Crippen LogP contribution in [0.3, 0.4) is 0 Å². The molecule has 1 amide bonds. The molecular formula is C13H16NO3P. The van der Waals surface area contributed by atoms with E-state index in [9.17, 15) is 9.59 Å². The fourth-order valence-electron chi connectivity index (χ4n) is 2.12. The van der Waals surface area contributed by atoms with Crippen LogP contribution in [-0.4, -0.2) is 30.0 Å². The van der Waals surface area contributed by atoms with E-state index in [-0.39, 0.29) is 20.5 Å². The first-order valence-corrected chi connectivity index (χ1v) is 7.26. The van der Waals surface area contributed by atoms with E-state index >= 15 is 0 Å². The quantitative estimate of drug-likeness (QED) is 0.476. The highest BCUT2D eigenvalue weighted by atomic mass is 31.1. The van der Waals surface area contributed by atoms with E-state index in [1.54, 1.807) is 31.2 Å². The number of hydrogen-bond acceptors (Lipinski definition) is 3. The maximum Gasteiger partial charge on any atom is 0.260 e. The molecule has 2 atom stereocenters. The van der Waals surface area contributed by atoms with Gasteiger partial charge in [0.2, 0.25) is 0 Å². The maximum absolute atomic E-state index is 12.4. The van der Waals surface area contributed by atoms with Gasteiger partial charge < -0.3 is 0 Å². The Morgan fingerprint density at radius 2 is 2.06 bits per heavy atom. The van der Waals surface area contributed by atoms with Gasteiger partial charge >= 0.3 is 0 Å². The van der Waals surface area contributed by atoms with Crippen LogP contribution in [0.15, 0.2) is 30.3 Å². The van der Waals surface area contributed by atoms with E-state index in [2.05, 4.69) is 0 Å². The molecule has 18 heavy (non-hydrogen) atoms. The van der Waals surface area contributed by atoms with Gasteiger partial charge in [-0.1, -0.05) is 30.3 Å². The van der Waals surface area contributed by atoms with Crippen molar-refractivity contribution in [3.63, 3.8) is 0 Å². The number of nitrogens with zero attached hydrogens (tertiary/aromatic N) is 1.